The zero-order valence-corrected chi connectivity index (χ0v) is 28.2. The van der Waals surface area contributed by atoms with E-state index in [1.807, 2.05) is 54.6 Å². The van der Waals surface area contributed by atoms with Gasteiger partial charge in [0.05, 0.1) is 11.7 Å². The highest BCUT2D eigenvalue weighted by atomic mass is 32.2. The molecule has 0 fully saturated rings. The smallest absolute Gasteiger partial charge is 0.416 e. The fourth-order valence-electron chi connectivity index (χ4n) is 4.45. The Kier molecular flexibility index (Phi) is 11.0. The van der Waals surface area contributed by atoms with Crippen LogP contribution in [0.15, 0.2) is 102 Å². The van der Waals surface area contributed by atoms with E-state index in [-0.39, 0.29) is 17.3 Å². The standard InChI is InChI=1S/C35H41N5O6S/c1-34(2,3)45-32(41)24-40(33(42)46-35(4,5)6)30-16-12-15-28(38-30)29(39-47(43,44)31-17-10-11-22-36-31)23-25-18-20-27(21-19-25)37-26-13-8-7-9-14-26/h7-22,29,37,39H,23-24H2,1-6H3. The second kappa shape index (κ2) is 14.7. The van der Waals surface area contributed by atoms with Crippen LogP contribution < -0.4 is 14.9 Å². The molecule has 248 valence electrons. The van der Waals surface area contributed by atoms with Crippen LogP contribution in [0.2, 0.25) is 0 Å². The Bertz CT molecular complexity index is 1750. The van der Waals surface area contributed by atoms with E-state index in [1.165, 1.54) is 12.3 Å². The zero-order chi connectivity index (χ0) is 34.2. The normalized spacial score (nSPS) is 12.6. The summed E-state index contributed by atoms with van der Waals surface area (Å²) in [5, 5.41) is 3.18. The van der Waals surface area contributed by atoms with Crippen LogP contribution in [-0.4, -0.2) is 48.2 Å². The lowest BCUT2D eigenvalue weighted by atomic mass is 10.0. The van der Waals surface area contributed by atoms with Gasteiger partial charge in [0.1, 0.15) is 23.6 Å². The summed E-state index contributed by atoms with van der Waals surface area (Å²) in [4.78, 5) is 36.0. The molecule has 1 unspecified atom stereocenters. The molecule has 0 aliphatic heterocycles. The van der Waals surface area contributed by atoms with Gasteiger partial charge in [-0.1, -0.05) is 42.5 Å². The molecule has 0 saturated carbocycles. The molecule has 4 aromatic rings. The van der Waals surface area contributed by atoms with Crippen LogP contribution in [0.1, 0.15) is 58.8 Å². The van der Waals surface area contributed by atoms with Crippen molar-refractivity contribution in [1.29, 1.82) is 0 Å². The van der Waals surface area contributed by atoms with Gasteiger partial charge in [0.2, 0.25) is 0 Å². The maximum absolute atomic E-state index is 13.5. The van der Waals surface area contributed by atoms with Gasteiger partial charge in [-0.3, -0.25) is 9.69 Å². The molecule has 12 heteroatoms. The molecule has 4 rings (SSSR count). The van der Waals surface area contributed by atoms with Gasteiger partial charge in [-0.25, -0.2) is 27.9 Å². The molecule has 0 aliphatic carbocycles. The third kappa shape index (κ3) is 10.9. The van der Waals surface area contributed by atoms with Crippen LogP contribution in [-0.2, 0) is 30.7 Å². The minimum Gasteiger partial charge on any atom is -0.459 e. The van der Waals surface area contributed by atoms with E-state index in [0.717, 1.165) is 21.8 Å². The molecule has 0 saturated heterocycles. The molecule has 2 N–H and O–H groups in total. The number of pyridine rings is 2. The van der Waals surface area contributed by atoms with Crippen molar-refractivity contribution >= 4 is 39.3 Å². The lowest BCUT2D eigenvalue weighted by Crippen LogP contribution is -2.42. The van der Waals surface area contributed by atoms with Crippen molar-refractivity contribution < 1.29 is 27.5 Å². The molecule has 0 radical (unpaired) electrons. The zero-order valence-electron chi connectivity index (χ0n) is 27.4. The Morgan fingerprint density at radius 1 is 0.787 bits per heavy atom. The quantitative estimate of drug-likeness (QED) is 0.171. The number of sulfonamides is 1. The molecular weight excluding hydrogens is 618 g/mol. The minimum atomic E-state index is -4.08. The van der Waals surface area contributed by atoms with Gasteiger partial charge in [0, 0.05) is 17.6 Å². The van der Waals surface area contributed by atoms with E-state index in [4.69, 9.17) is 9.47 Å². The van der Waals surface area contributed by atoms with Crippen molar-refractivity contribution in [3.05, 3.63) is 108 Å². The third-order valence-corrected chi connectivity index (χ3v) is 7.76. The lowest BCUT2D eigenvalue weighted by molar-refractivity contribution is -0.153. The summed E-state index contributed by atoms with van der Waals surface area (Å²) in [6, 6.07) is 25.9. The van der Waals surface area contributed by atoms with E-state index in [9.17, 15) is 18.0 Å². The summed E-state index contributed by atoms with van der Waals surface area (Å²) in [5.41, 5.74) is 1.29. The molecule has 47 heavy (non-hydrogen) atoms. The van der Waals surface area contributed by atoms with Gasteiger partial charge in [0.15, 0.2) is 5.03 Å². The number of ether oxygens (including phenoxy) is 2. The van der Waals surface area contributed by atoms with Crippen LogP contribution in [0.3, 0.4) is 0 Å². The fraction of sp³-hybridized carbons (Fsp3) is 0.314. The number of amides is 1. The Hall–Kier alpha value is -4.81. The van der Waals surface area contributed by atoms with E-state index < -0.39 is 45.9 Å². The maximum Gasteiger partial charge on any atom is 0.416 e. The first kappa shape index (κ1) is 35.1. The summed E-state index contributed by atoms with van der Waals surface area (Å²) in [6.07, 6.45) is 0.809. The van der Waals surface area contributed by atoms with Crippen molar-refractivity contribution in [3.8, 4) is 0 Å². The van der Waals surface area contributed by atoms with E-state index in [2.05, 4.69) is 20.0 Å². The first-order valence-electron chi connectivity index (χ1n) is 15.1. The number of esters is 1. The number of benzene rings is 2. The van der Waals surface area contributed by atoms with E-state index in [0.29, 0.717) is 5.69 Å². The number of aromatic nitrogens is 2. The largest absolute Gasteiger partial charge is 0.459 e. The van der Waals surface area contributed by atoms with Gasteiger partial charge >= 0.3 is 12.1 Å². The van der Waals surface area contributed by atoms with Crippen molar-refractivity contribution in [2.75, 3.05) is 16.8 Å². The van der Waals surface area contributed by atoms with Crippen molar-refractivity contribution in [1.82, 2.24) is 14.7 Å². The maximum atomic E-state index is 13.5. The number of para-hydroxylation sites is 1. The number of anilines is 3. The average Bonchev–Trinajstić information content (AvgIpc) is 3.00. The molecule has 2 aromatic heterocycles. The molecular formula is C35H41N5O6S. The summed E-state index contributed by atoms with van der Waals surface area (Å²) < 4.78 is 40.7. The average molecular weight is 660 g/mol. The highest BCUT2D eigenvalue weighted by Gasteiger charge is 2.30. The molecule has 2 aromatic carbocycles. The number of nitrogens with zero attached hydrogens (tertiary/aromatic N) is 3. The number of hydrogen-bond donors (Lipinski definition) is 2. The van der Waals surface area contributed by atoms with Crippen LogP contribution in [0, 0.1) is 0 Å². The summed E-state index contributed by atoms with van der Waals surface area (Å²) in [5.74, 6) is -0.570. The number of rotatable bonds is 11. The Morgan fingerprint density at radius 3 is 2.04 bits per heavy atom. The number of carbonyl (C=O) groups excluding carboxylic acids is 2. The third-order valence-electron chi connectivity index (χ3n) is 6.38. The molecule has 0 aliphatic rings. The first-order valence-corrected chi connectivity index (χ1v) is 16.6. The van der Waals surface area contributed by atoms with Gasteiger partial charge < -0.3 is 14.8 Å². The van der Waals surface area contributed by atoms with Crippen molar-refractivity contribution in [2.45, 2.75) is 70.2 Å². The van der Waals surface area contributed by atoms with E-state index >= 15 is 0 Å². The Labute approximate surface area is 276 Å². The summed E-state index contributed by atoms with van der Waals surface area (Å²) >= 11 is 0. The highest BCUT2D eigenvalue weighted by Crippen LogP contribution is 2.25. The van der Waals surface area contributed by atoms with E-state index in [1.54, 1.807) is 71.9 Å². The Balaban J connectivity index is 1.68. The molecule has 11 nitrogen and oxygen atoms in total. The topological polar surface area (TPSA) is 140 Å². The Morgan fingerprint density at radius 2 is 1.43 bits per heavy atom. The molecule has 0 spiro atoms. The van der Waals surface area contributed by atoms with Crippen LogP contribution >= 0.6 is 0 Å². The predicted molar refractivity (Wildman–Crippen MR) is 181 cm³/mol. The van der Waals surface area contributed by atoms with Crippen LogP contribution in [0.4, 0.5) is 22.0 Å². The SMILES string of the molecule is CC(C)(C)OC(=O)CN(C(=O)OC(C)(C)C)c1cccc(C(Cc2ccc(Nc3ccccc3)cc2)NS(=O)(=O)c2ccccn2)n1. The van der Waals surface area contributed by atoms with Gasteiger partial charge in [-0.05, 0) is 102 Å². The van der Waals surface area contributed by atoms with Crippen molar-refractivity contribution in [3.63, 3.8) is 0 Å². The number of nitrogens with one attached hydrogen (secondary N) is 2. The number of carbonyl (C=O) groups is 2. The summed E-state index contributed by atoms with van der Waals surface area (Å²) in [6.45, 7) is 9.84. The second-order valence-corrected chi connectivity index (χ2v) is 14.5. The molecule has 1 amide bonds. The summed E-state index contributed by atoms with van der Waals surface area (Å²) in [7, 11) is -4.08. The lowest BCUT2D eigenvalue weighted by Gasteiger charge is -2.28. The van der Waals surface area contributed by atoms with Gasteiger partial charge in [-0.2, -0.15) is 0 Å². The van der Waals surface area contributed by atoms with Crippen LogP contribution in [0.25, 0.3) is 0 Å². The molecule has 0 bridgehead atoms. The van der Waals surface area contributed by atoms with Gasteiger partial charge in [-0.15, -0.1) is 0 Å². The number of hydrogen-bond acceptors (Lipinski definition) is 9. The highest BCUT2D eigenvalue weighted by molar-refractivity contribution is 7.89. The van der Waals surface area contributed by atoms with Crippen LogP contribution in [0.5, 0.6) is 0 Å². The second-order valence-electron chi connectivity index (χ2n) is 12.8. The fourth-order valence-corrected chi connectivity index (χ4v) is 5.61. The first-order chi connectivity index (χ1) is 22.1. The predicted octanol–water partition coefficient (Wildman–Crippen LogP) is 6.57. The van der Waals surface area contributed by atoms with Crippen molar-refractivity contribution in [2.24, 2.45) is 0 Å². The monoisotopic (exact) mass is 659 g/mol. The minimum absolute atomic E-state index is 0.0899. The van der Waals surface area contributed by atoms with Gasteiger partial charge in [0.25, 0.3) is 10.0 Å². The molecule has 1 atom stereocenters. The molecule has 2 heterocycles.